The van der Waals surface area contributed by atoms with E-state index in [4.69, 9.17) is 10.2 Å². The van der Waals surface area contributed by atoms with E-state index in [0.29, 0.717) is 5.57 Å². The summed E-state index contributed by atoms with van der Waals surface area (Å²) in [7, 11) is 0. The van der Waals surface area contributed by atoms with Crippen LogP contribution in [0.15, 0.2) is 11.6 Å². The summed E-state index contributed by atoms with van der Waals surface area (Å²) >= 11 is 0. The summed E-state index contributed by atoms with van der Waals surface area (Å²) in [6.07, 6.45) is 1.56. The van der Waals surface area contributed by atoms with Crippen LogP contribution in [0.4, 0.5) is 0 Å². The lowest BCUT2D eigenvalue weighted by Gasteiger charge is -2.24. The quantitative estimate of drug-likeness (QED) is 0.328. The van der Waals surface area contributed by atoms with Crippen LogP contribution in [0.5, 0.6) is 0 Å². The Morgan fingerprint density at radius 3 is 2.23 bits per heavy atom. The molecule has 13 heavy (non-hydrogen) atoms. The fraction of sp³-hybridized carbons (Fsp3) is 0.625. The van der Waals surface area contributed by atoms with E-state index in [9.17, 15) is 9.90 Å². The van der Waals surface area contributed by atoms with E-state index in [0.717, 1.165) is 0 Å². The molecule has 0 saturated heterocycles. The fourth-order valence-electron chi connectivity index (χ4n) is 0.570. The van der Waals surface area contributed by atoms with Gasteiger partial charge in [0, 0.05) is 5.57 Å². The molecule has 0 saturated carbocycles. The second kappa shape index (κ2) is 4.96. The van der Waals surface area contributed by atoms with Gasteiger partial charge in [-0.15, -0.1) is 0 Å². The van der Waals surface area contributed by atoms with E-state index >= 15 is 0 Å². The van der Waals surface area contributed by atoms with Gasteiger partial charge in [0.15, 0.2) is 5.72 Å². The molecule has 0 aromatic rings. The molecule has 76 valence electrons. The molecule has 0 aliphatic heterocycles. The lowest BCUT2D eigenvalue weighted by molar-refractivity contribution is -0.133. The predicted molar refractivity (Wildman–Crippen MR) is 46.7 cm³/mol. The molecular weight excluding hydrogens is 174 g/mol. The van der Waals surface area contributed by atoms with Crippen molar-refractivity contribution in [2.45, 2.75) is 19.6 Å². The van der Waals surface area contributed by atoms with Crippen molar-refractivity contribution in [3.63, 3.8) is 0 Å². The largest absolute Gasteiger partial charge is 0.391 e. The zero-order valence-corrected chi connectivity index (χ0v) is 7.74. The first kappa shape index (κ1) is 12.1. The molecule has 0 heterocycles. The minimum absolute atomic E-state index is 0.403. The molecule has 1 amide bonds. The third-order valence-electron chi connectivity index (χ3n) is 1.66. The zero-order chi connectivity index (χ0) is 10.5. The summed E-state index contributed by atoms with van der Waals surface area (Å²) in [5.41, 5.74) is -1.54. The van der Waals surface area contributed by atoms with Crippen molar-refractivity contribution in [2.75, 3.05) is 13.2 Å². The predicted octanol–water partition coefficient (Wildman–Crippen LogP) is -1.26. The molecule has 0 aliphatic rings. The lowest BCUT2D eigenvalue weighted by atomic mass is 10.2. The van der Waals surface area contributed by atoms with Gasteiger partial charge in [-0.2, -0.15) is 0 Å². The Morgan fingerprint density at radius 2 is 1.92 bits per heavy atom. The van der Waals surface area contributed by atoms with E-state index in [-0.39, 0.29) is 0 Å². The monoisotopic (exact) mass is 189 g/mol. The Kier molecular flexibility index (Phi) is 4.61. The van der Waals surface area contributed by atoms with E-state index < -0.39 is 24.8 Å². The summed E-state index contributed by atoms with van der Waals surface area (Å²) in [4.78, 5) is 11.1. The normalized spacial score (nSPS) is 12.8. The molecule has 0 aromatic carbocycles. The maximum atomic E-state index is 11.1. The van der Waals surface area contributed by atoms with Gasteiger partial charge < -0.3 is 20.6 Å². The average molecular weight is 189 g/mol. The summed E-state index contributed by atoms with van der Waals surface area (Å²) in [6.45, 7) is 1.77. The SMILES string of the molecule is CC=C(C)C(=O)NC(O)(CO)CO. The molecular formula is C8H15NO4. The van der Waals surface area contributed by atoms with Crippen molar-refractivity contribution in [2.24, 2.45) is 0 Å². The third kappa shape index (κ3) is 3.54. The van der Waals surface area contributed by atoms with Gasteiger partial charge in [-0.3, -0.25) is 4.79 Å². The van der Waals surface area contributed by atoms with Gasteiger partial charge >= 0.3 is 0 Å². The average Bonchev–Trinajstić information content (AvgIpc) is 2.16. The van der Waals surface area contributed by atoms with Crippen LogP contribution < -0.4 is 5.32 Å². The van der Waals surface area contributed by atoms with Crippen LogP contribution in [-0.4, -0.2) is 40.2 Å². The first-order valence-electron chi connectivity index (χ1n) is 3.88. The molecule has 4 N–H and O–H groups in total. The number of carbonyl (C=O) groups is 1. The van der Waals surface area contributed by atoms with Gasteiger partial charge in [0.1, 0.15) is 0 Å². The number of aliphatic hydroxyl groups excluding tert-OH is 2. The number of hydrogen-bond donors (Lipinski definition) is 4. The number of rotatable bonds is 4. The molecule has 0 bridgehead atoms. The first-order valence-corrected chi connectivity index (χ1v) is 3.88. The first-order chi connectivity index (χ1) is 5.99. The van der Waals surface area contributed by atoms with E-state index in [1.807, 2.05) is 0 Å². The zero-order valence-electron chi connectivity index (χ0n) is 7.74. The molecule has 0 radical (unpaired) electrons. The number of amides is 1. The second-order valence-electron chi connectivity index (χ2n) is 2.77. The summed E-state index contributed by atoms with van der Waals surface area (Å²) < 4.78 is 0. The van der Waals surface area contributed by atoms with Crippen molar-refractivity contribution >= 4 is 5.91 Å². The van der Waals surface area contributed by atoms with Crippen molar-refractivity contribution in [1.82, 2.24) is 5.32 Å². The standard InChI is InChI=1S/C8H15NO4/c1-3-6(2)7(12)9-8(13,4-10)5-11/h3,10-11,13H,4-5H2,1-2H3,(H,9,12). The van der Waals surface area contributed by atoms with Crippen molar-refractivity contribution in [3.8, 4) is 0 Å². The van der Waals surface area contributed by atoms with Gasteiger partial charge in [0.25, 0.3) is 0 Å². The highest BCUT2D eigenvalue weighted by atomic mass is 16.4. The highest BCUT2D eigenvalue weighted by Crippen LogP contribution is 2.00. The van der Waals surface area contributed by atoms with Crippen molar-refractivity contribution < 1.29 is 20.1 Å². The maximum absolute atomic E-state index is 11.1. The molecule has 0 spiro atoms. The van der Waals surface area contributed by atoms with Crippen molar-refractivity contribution in [3.05, 3.63) is 11.6 Å². The third-order valence-corrected chi connectivity index (χ3v) is 1.66. The van der Waals surface area contributed by atoms with Gasteiger partial charge in [-0.05, 0) is 13.8 Å². The number of nitrogens with one attached hydrogen (secondary N) is 1. The molecule has 0 unspecified atom stereocenters. The Bertz CT molecular complexity index is 208. The van der Waals surface area contributed by atoms with E-state index in [1.165, 1.54) is 0 Å². The van der Waals surface area contributed by atoms with Crippen LogP contribution in [-0.2, 0) is 4.79 Å². The molecule has 0 atom stereocenters. The Morgan fingerprint density at radius 1 is 1.46 bits per heavy atom. The molecule has 0 aromatic heterocycles. The van der Waals surface area contributed by atoms with Gasteiger partial charge in [0.2, 0.25) is 5.91 Å². The topological polar surface area (TPSA) is 89.8 Å². The Balaban J connectivity index is 4.34. The maximum Gasteiger partial charge on any atom is 0.248 e. The van der Waals surface area contributed by atoms with E-state index in [2.05, 4.69) is 5.32 Å². The number of aliphatic hydroxyl groups is 3. The van der Waals surface area contributed by atoms with E-state index in [1.54, 1.807) is 19.9 Å². The molecule has 0 aliphatic carbocycles. The highest BCUT2D eigenvalue weighted by molar-refractivity contribution is 5.93. The van der Waals surface area contributed by atoms with Gasteiger partial charge in [-0.25, -0.2) is 0 Å². The number of carbonyl (C=O) groups excluding carboxylic acids is 1. The van der Waals surface area contributed by atoms with Crippen LogP contribution in [0.3, 0.4) is 0 Å². The summed E-state index contributed by atoms with van der Waals surface area (Å²) in [5, 5.41) is 28.7. The van der Waals surface area contributed by atoms with Crippen LogP contribution in [0, 0.1) is 0 Å². The minimum Gasteiger partial charge on any atom is -0.391 e. The summed E-state index contributed by atoms with van der Waals surface area (Å²) in [6, 6.07) is 0. The fourth-order valence-corrected chi connectivity index (χ4v) is 0.570. The number of hydrogen-bond acceptors (Lipinski definition) is 4. The van der Waals surface area contributed by atoms with Gasteiger partial charge in [0.05, 0.1) is 13.2 Å². The van der Waals surface area contributed by atoms with Crippen LogP contribution >= 0.6 is 0 Å². The molecule has 0 rings (SSSR count). The smallest absolute Gasteiger partial charge is 0.248 e. The summed E-state index contributed by atoms with van der Waals surface area (Å²) in [5.74, 6) is -0.520. The lowest BCUT2D eigenvalue weighted by Crippen LogP contribution is -2.54. The number of allylic oxidation sites excluding steroid dienone is 1. The second-order valence-corrected chi connectivity index (χ2v) is 2.77. The molecule has 5 heteroatoms. The Hall–Kier alpha value is -0.910. The van der Waals surface area contributed by atoms with Crippen LogP contribution in [0.25, 0.3) is 0 Å². The Labute approximate surface area is 76.7 Å². The van der Waals surface area contributed by atoms with Gasteiger partial charge in [-0.1, -0.05) is 6.08 Å². The van der Waals surface area contributed by atoms with Crippen LogP contribution in [0.1, 0.15) is 13.8 Å². The minimum atomic E-state index is -1.94. The molecule has 5 nitrogen and oxygen atoms in total. The molecule has 0 fully saturated rings. The van der Waals surface area contributed by atoms with Crippen molar-refractivity contribution in [1.29, 1.82) is 0 Å². The highest BCUT2D eigenvalue weighted by Gasteiger charge is 2.27. The van der Waals surface area contributed by atoms with Crippen LogP contribution in [0.2, 0.25) is 0 Å².